The van der Waals surface area contributed by atoms with Gasteiger partial charge in [0.25, 0.3) is 0 Å². The molecule has 0 atom stereocenters. The van der Waals surface area contributed by atoms with Crippen LogP contribution in [0.1, 0.15) is 21.7 Å². The Labute approximate surface area is 105 Å². The zero-order chi connectivity index (χ0) is 14.6. The first-order valence-corrected chi connectivity index (χ1v) is 4.83. The molecule has 0 aliphatic rings. The fourth-order valence-electron chi connectivity index (χ4n) is 1.16. The standard InChI is InChI=1S/C11H8F3NO4/c1-19-9(16)5-3-7-6(10(17)18)2-4-8(15-7)11(12,13)14/h2-5H,1H3,(H,17,18)/b5-3+. The number of pyridine rings is 1. The number of carbonyl (C=O) groups is 2. The van der Waals surface area contributed by atoms with E-state index in [1.165, 1.54) is 0 Å². The molecular weight excluding hydrogens is 267 g/mol. The lowest BCUT2D eigenvalue weighted by Crippen LogP contribution is -2.11. The second-order valence-electron chi connectivity index (χ2n) is 3.29. The average Bonchev–Trinajstić information content (AvgIpc) is 2.34. The van der Waals surface area contributed by atoms with Gasteiger partial charge in [0.1, 0.15) is 5.69 Å². The summed E-state index contributed by atoms with van der Waals surface area (Å²) >= 11 is 0. The molecule has 8 heteroatoms. The number of carbonyl (C=O) groups excluding carboxylic acids is 1. The maximum Gasteiger partial charge on any atom is 0.433 e. The first-order valence-electron chi connectivity index (χ1n) is 4.83. The number of aromatic nitrogens is 1. The maximum atomic E-state index is 12.4. The number of aromatic carboxylic acids is 1. The number of rotatable bonds is 3. The Morgan fingerprint density at radius 3 is 2.47 bits per heavy atom. The van der Waals surface area contributed by atoms with E-state index >= 15 is 0 Å². The van der Waals surface area contributed by atoms with Crippen molar-refractivity contribution >= 4 is 18.0 Å². The van der Waals surface area contributed by atoms with E-state index in [2.05, 4.69) is 9.72 Å². The van der Waals surface area contributed by atoms with Crippen LogP contribution in [0.15, 0.2) is 18.2 Å². The van der Waals surface area contributed by atoms with E-state index in [1.807, 2.05) is 0 Å². The number of nitrogens with zero attached hydrogens (tertiary/aromatic N) is 1. The average molecular weight is 275 g/mol. The summed E-state index contributed by atoms with van der Waals surface area (Å²) in [5, 5.41) is 8.81. The highest BCUT2D eigenvalue weighted by molar-refractivity contribution is 5.94. The van der Waals surface area contributed by atoms with Gasteiger partial charge < -0.3 is 9.84 Å². The Morgan fingerprint density at radius 1 is 1.37 bits per heavy atom. The molecule has 1 rings (SSSR count). The minimum atomic E-state index is -4.70. The second kappa shape index (κ2) is 5.51. The van der Waals surface area contributed by atoms with Crippen molar-refractivity contribution < 1.29 is 32.6 Å². The van der Waals surface area contributed by atoms with Gasteiger partial charge in [0.05, 0.1) is 18.4 Å². The zero-order valence-electron chi connectivity index (χ0n) is 9.56. The number of esters is 1. The van der Waals surface area contributed by atoms with Crippen LogP contribution in [0, 0.1) is 0 Å². The number of carboxylic acids is 1. The van der Waals surface area contributed by atoms with Crippen molar-refractivity contribution in [3.8, 4) is 0 Å². The minimum Gasteiger partial charge on any atom is -0.478 e. The molecule has 1 aromatic heterocycles. The third-order valence-electron chi connectivity index (χ3n) is 2.02. The first-order chi connectivity index (χ1) is 8.75. The van der Waals surface area contributed by atoms with Crippen LogP contribution in [-0.4, -0.2) is 29.1 Å². The van der Waals surface area contributed by atoms with Gasteiger partial charge >= 0.3 is 18.1 Å². The summed E-state index contributed by atoms with van der Waals surface area (Å²) in [5.41, 5.74) is -2.18. The van der Waals surface area contributed by atoms with E-state index < -0.39 is 35.1 Å². The van der Waals surface area contributed by atoms with Crippen LogP contribution < -0.4 is 0 Å². The minimum absolute atomic E-state index is 0.451. The van der Waals surface area contributed by atoms with E-state index in [4.69, 9.17) is 5.11 Å². The van der Waals surface area contributed by atoms with Crippen molar-refractivity contribution in [2.24, 2.45) is 0 Å². The van der Waals surface area contributed by atoms with Gasteiger partial charge in [-0.15, -0.1) is 0 Å². The highest BCUT2D eigenvalue weighted by atomic mass is 19.4. The molecule has 5 nitrogen and oxygen atoms in total. The number of alkyl halides is 3. The fourth-order valence-corrected chi connectivity index (χ4v) is 1.16. The Bertz CT molecular complexity index is 537. The third-order valence-corrected chi connectivity index (χ3v) is 2.02. The van der Waals surface area contributed by atoms with E-state index in [0.717, 1.165) is 25.3 Å². The Hall–Kier alpha value is -2.38. The normalized spacial score (nSPS) is 11.6. The molecule has 19 heavy (non-hydrogen) atoms. The lowest BCUT2D eigenvalue weighted by molar-refractivity contribution is -0.141. The lowest BCUT2D eigenvalue weighted by atomic mass is 10.1. The molecule has 1 aromatic rings. The topological polar surface area (TPSA) is 76.5 Å². The van der Waals surface area contributed by atoms with Gasteiger partial charge in [0, 0.05) is 6.08 Å². The SMILES string of the molecule is COC(=O)/C=C/c1nc(C(F)(F)F)ccc1C(=O)O. The summed E-state index contributed by atoms with van der Waals surface area (Å²) in [7, 11) is 1.07. The fraction of sp³-hybridized carbons (Fsp3) is 0.182. The van der Waals surface area contributed by atoms with Crippen molar-refractivity contribution in [2.75, 3.05) is 7.11 Å². The molecule has 1 heterocycles. The molecule has 1 N–H and O–H groups in total. The number of hydrogen-bond acceptors (Lipinski definition) is 4. The second-order valence-corrected chi connectivity index (χ2v) is 3.29. The summed E-state index contributed by atoms with van der Waals surface area (Å²) in [4.78, 5) is 24.8. The molecule has 0 radical (unpaired) electrons. The molecule has 0 bridgehead atoms. The smallest absolute Gasteiger partial charge is 0.433 e. The number of halogens is 3. The van der Waals surface area contributed by atoms with Gasteiger partial charge in [-0.3, -0.25) is 0 Å². The summed E-state index contributed by atoms with van der Waals surface area (Å²) in [6.45, 7) is 0. The summed E-state index contributed by atoms with van der Waals surface area (Å²) < 4.78 is 41.6. The van der Waals surface area contributed by atoms with Gasteiger partial charge in [-0.05, 0) is 18.2 Å². The lowest BCUT2D eigenvalue weighted by Gasteiger charge is -2.08. The number of hydrogen-bond donors (Lipinski definition) is 1. The molecule has 0 aliphatic heterocycles. The van der Waals surface area contributed by atoms with Crippen LogP contribution in [0.25, 0.3) is 6.08 Å². The molecule has 0 spiro atoms. The predicted molar refractivity (Wildman–Crippen MR) is 57.2 cm³/mol. The highest BCUT2D eigenvalue weighted by Crippen LogP contribution is 2.28. The molecule has 0 unspecified atom stereocenters. The van der Waals surface area contributed by atoms with Crippen molar-refractivity contribution in [3.63, 3.8) is 0 Å². The van der Waals surface area contributed by atoms with Crippen LogP contribution in [0.3, 0.4) is 0 Å². The van der Waals surface area contributed by atoms with Gasteiger partial charge in [0.2, 0.25) is 0 Å². The Kier molecular flexibility index (Phi) is 4.26. The van der Waals surface area contributed by atoms with Crippen LogP contribution in [0.2, 0.25) is 0 Å². The van der Waals surface area contributed by atoms with E-state index in [-0.39, 0.29) is 0 Å². The third kappa shape index (κ3) is 3.80. The summed E-state index contributed by atoms with van der Waals surface area (Å²) in [6, 6.07) is 1.33. The van der Waals surface area contributed by atoms with Crippen LogP contribution in [0.5, 0.6) is 0 Å². The largest absolute Gasteiger partial charge is 0.478 e. The predicted octanol–water partition coefficient (Wildman–Crippen LogP) is 1.98. The zero-order valence-corrected chi connectivity index (χ0v) is 9.56. The molecular formula is C11H8F3NO4. The highest BCUT2D eigenvalue weighted by Gasteiger charge is 2.33. The van der Waals surface area contributed by atoms with Crippen molar-refractivity contribution in [2.45, 2.75) is 6.18 Å². The number of carboxylic acid groups (broad SMARTS) is 1. The number of methoxy groups -OCH3 is 1. The van der Waals surface area contributed by atoms with Gasteiger partial charge in [0.15, 0.2) is 0 Å². The van der Waals surface area contributed by atoms with Crippen molar-refractivity contribution in [1.29, 1.82) is 0 Å². The molecule has 0 fully saturated rings. The van der Waals surface area contributed by atoms with Crippen LogP contribution in [0.4, 0.5) is 13.2 Å². The van der Waals surface area contributed by atoms with Gasteiger partial charge in [-0.1, -0.05) is 0 Å². The van der Waals surface area contributed by atoms with Crippen LogP contribution >= 0.6 is 0 Å². The monoisotopic (exact) mass is 275 g/mol. The quantitative estimate of drug-likeness (QED) is 0.674. The van der Waals surface area contributed by atoms with E-state index in [1.54, 1.807) is 0 Å². The van der Waals surface area contributed by atoms with Gasteiger partial charge in [-0.25, -0.2) is 14.6 Å². The van der Waals surface area contributed by atoms with E-state index in [9.17, 15) is 22.8 Å². The van der Waals surface area contributed by atoms with Gasteiger partial charge in [-0.2, -0.15) is 13.2 Å². The Balaban J connectivity index is 3.28. The number of ether oxygens (including phenoxy) is 1. The molecule has 0 amide bonds. The Morgan fingerprint density at radius 2 is 2.00 bits per heavy atom. The van der Waals surface area contributed by atoms with Crippen molar-refractivity contribution in [1.82, 2.24) is 4.98 Å². The molecule has 0 aliphatic carbocycles. The van der Waals surface area contributed by atoms with Crippen LogP contribution in [-0.2, 0) is 15.7 Å². The molecule has 0 saturated heterocycles. The first kappa shape index (κ1) is 14.7. The molecule has 0 aromatic carbocycles. The van der Waals surface area contributed by atoms with Crippen molar-refractivity contribution in [3.05, 3.63) is 35.2 Å². The van der Waals surface area contributed by atoms with E-state index in [0.29, 0.717) is 6.07 Å². The summed E-state index contributed by atoms with van der Waals surface area (Å²) in [5.74, 6) is -2.29. The summed E-state index contributed by atoms with van der Waals surface area (Å²) in [6.07, 6.45) is -3.07. The maximum absolute atomic E-state index is 12.4. The molecule has 0 saturated carbocycles. The molecule has 102 valence electrons.